The van der Waals surface area contributed by atoms with Gasteiger partial charge in [-0.15, -0.1) is 0 Å². The molecule has 162 valence electrons. The van der Waals surface area contributed by atoms with Gasteiger partial charge in [0.25, 0.3) is 0 Å². The van der Waals surface area contributed by atoms with Gasteiger partial charge in [0, 0.05) is 18.4 Å². The Morgan fingerprint density at radius 3 is 2.19 bits per heavy atom. The highest BCUT2D eigenvalue weighted by atomic mass is 16.6. The Morgan fingerprint density at radius 1 is 1.00 bits per heavy atom. The molecule has 0 bridgehead atoms. The Bertz CT molecular complexity index is 958. The lowest BCUT2D eigenvalue weighted by Gasteiger charge is -2.25. The maximum absolute atomic E-state index is 12.8. The number of fused-ring (bicyclic) bond motifs is 3. The lowest BCUT2D eigenvalue weighted by Crippen LogP contribution is -2.44. The van der Waals surface area contributed by atoms with E-state index >= 15 is 0 Å². The van der Waals surface area contributed by atoms with Crippen molar-refractivity contribution < 1.29 is 29.0 Å². The number of benzene rings is 2. The van der Waals surface area contributed by atoms with Crippen LogP contribution < -0.4 is 0 Å². The van der Waals surface area contributed by atoms with Crippen LogP contribution in [0.5, 0.6) is 0 Å². The summed E-state index contributed by atoms with van der Waals surface area (Å²) in [5.74, 6) is -2.18. The van der Waals surface area contributed by atoms with Gasteiger partial charge in [0.1, 0.15) is 12.6 Å². The van der Waals surface area contributed by atoms with Crippen molar-refractivity contribution >= 4 is 18.0 Å². The van der Waals surface area contributed by atoms with E-state index in [0.717, 1.165) is 22.3 Å². The van der Waals surface area contributed by atoms with Gasteiger partial charge < -0.3 is 14.6 Å². The number of esters is 1. The van der Waals surface area contributed by atoms with Crippen LogP contribution in [0.1, 0.15) is 36.8 Å². The van der Waals surface area contributed by atoms with Gasteiger partial charge in [-0.25, -0.2) is 9.59 Å². The molecule has 2 aliphatic rings. The third kappa shape index (κ3) is 4.00. The SMILES string of the molecule is CCOC(=O)CC1CCN(C(=O)OCC2c3ccccc3-c3ccccc32)[C@@H]1C(=O)O. The average Bonchev–Trinajstić information content (AvgIpc) is 3.32. The molecule has 1 fully saturated rings. The zero-order valence-corrected chi connectivity index (χ0v) is 17.3. The number of hydrogen-bond acceptors (Lipinski definition) is 5. The maximum Gasteiger partial charge on any atom is 0.410 e. The van der Waals surface area contributed by atoms with Crippen LogP contribution >= 0.6 is 0 Å². The van der Waals surface area contributed by atoms with Crippen molar-refractivity contribution in [2.45, 2.75) is 31.7 Å². The van der Waals surface area contributed by atoms with Crippen LogP contribution in [0.15, 0.2) is 48.5 Å². The van der Waals surface area contributed by atoms with Crippen molar-refractivity contribution in [3.63, 3.8) is 0 Å². The number of carbonyl (C=O) groups excluding carboxylic acids is 2. The lowest BCUT2D eigenvalue weighted by atomic mass is 9.97. The molecule has 0 saturated carbocycles. The van der Waals surface area contributed by atoms with Crippen molar-refractivity contribution in [3.05, 3.63) is 59.7 Å². The fraction of sp³-hybridized carbons (Fsp3) is 0.375. The largest absolute Gasteiger partial charge is 0.480 e. The van der Waals surface area contributed by atoms with Crippen LogP contribution in [0.25, 0.3) is 11.1 Å². The number of carboxylic acids is 1. The smallest absolute Gasteiger partial charge is 0.410 e. The van der Waals surface area contributed by atoms with Crippen LogP contribution in [-0.2, 0) is 19.1 Å². The van der Waals surface area contributed by atoms with Crippen LogP contribution in [-0.4, -0.2) is 53.8 Å². The summed E-state index contributed by atoms with van der Waals surface area (Å²) in [4.78, 5) is 37.7. The second-order valence-corrected chi connectivity index (χ2v) is 7.84. The van der Waals surface area contributed by atoms with Gasteiger partial charge in [-0.3, -0.25) is 9.69 Å². The number of rotatable bonds is 6. The average molecular weight is 423 g/mol. The standard InChI is InChI=1S/C24H25NO6/c1-2-30-21(26)13-15-11-12-25(22(15)23(27)28)24(29)31-14-20-18-9-5-3-7-16(18)17-8-4-6-10-19(17)20/h3-10,15,20,22H,2,11-14H2,1H3,(H,27,28)/t15?,22-/m0/s1. The summed E-state index contributed by atoms with van der Waals surface area (Å²) >= 11 is 0. The van der Waals surface area contributed by atoms with E-state index in [1.54, 1.807) is 6.92 Å². The summed E-state index contributed by atoms with van der Waals surface area (Å²) in [5, 5.41) is 9.68. The Kier molecular flexibility index (Phi) is 5.93. The Hall–Kier alpha value is -3.35. The lowest BCUT2D eigenvalue weighted by molar-refractivity contribution is -0.146. The number of hydrogen-bond donors (Lipinski definition) is 1. The summed E-state index contributed by atoms with van der Waals surface area (Å²) in [6.07, 6.45) is -0.279. The van der Waals surface area contributed by atoms with Crippen LogP contribution in [0.4, 0.5) is 4.79 Å². The molecule has 1 saturated heterocycles. The molecule has 4 rings (SSSR count). The monoisotopic (exact) mass is 423 g/mol. The predicted molar refractivity (Wildman–Crippen MR) is 113 cm³/mol. The van der Waals surface area contributed by atoms with E-state index in [-0.39, 0.29) is 32.1 Å². The van der Waals surface area contributed by atoms with E-state index < -0.39 is 30.0 Å². The van der Waals surface area contributed by atoms with Crippen molar-refractivity contribution in [2.24, 2.45) is 5.92 Å². The van der Waals surface area contributed by atoms with Gasteiger partial charge in [-0.1, -0.05) is 48.5 Å². The van der Waals surface area contributed by atoms with Crippen molar-refractivity contribution in [1.29, 1.82) is 0 Å². The van der Waals surface area contributed by atoms with E-state index in [0.29, 0.717) is 6.42 Å². The molecule has 1 aliphatic carbocycles. The molecule has 2 aromatic rings. The minimum Gasteiger partial charge on any atom is -0.480 e. The number of carboxylic acid groups (broad SMARTS) is 1. The molecule has 1 aliphatic heterocycles. The Balaban J connectivity index is 1.46. The summed E-state index contributed by atoms with van der Waals surface area (Å²) < 4.78 is 10.6. The molecular weight excluding hydrogens is 398 g/mol. The highest BCUT2D eigenvalue weighted by Crippen LogP contribution is 2.44. The highest BCUT2D eigenvalue weighted by Gasteiger charge is 2.44. The first-order valence-corrected chi connectivity index (χ1v) is 10.5. The van der Waals surface area contributed by atoms with Crippen LogP contribution in [0.3, 0.4) is 0 Å². The number of likely N-dealkylation sites (tertiary alicyclic amines) is 1. The molecule has 1 unspecified atom stereocenters. The summed E-state index contributed by atoms with van der Waals surface area (Å²) in [5.41, 5.74) is 4.43. The number of aliphatic carboxylic acids is 1. The molecule has 31 heavy (non-hydrogen) atoms. The van der Waals surface area contributed by atoms with Gasteiger partial charge in [0.05, 0.1) is 13.0 Å². The predicted octanol–water partition coefficient (Wildman–Crippen LogP) is 3.66. The summed E-state index contributed by atoms with van der Waals surface area (Å²) in [6, 6.07) is 14.9. The first kappa shape index (κ1) is 20.9. The number of amides is 1. The van der Waals surface area contributed by atoms with Gasteiger partial charge in [-0.05, 0) is 35.6 Å². The van der Waals surface area contributed by atoms with Crippen molar-refractivity contribution in [1.82, 2.24) is 4.90 Å². The van der Waals surface area contributed by atoms with Gasteiger partial charge in [0.15, 0.2) is 0 Å². The van der Waals surface area contributed by atoms with Gasteiger partial charge in [-0.2, -0.15) is 0 Å². The molecule has 0 aromatic heterocycles. The Morgan fingerprint density at radius 2 is 1.61 bits per heavy atom. The molecule has 0 spiro atoms. The van der Waals surface area contributed by atoms with E-state index in [9.17, 15) is 19.5 Å². The fourth-order valence-electron chi connectivity index (χ4n) is 4.72. The number of nitrogens with zero attached hydrogens (tertiary/aromatic N) is 1. The van der Waals surface area contributed by atoms with Crippen LogP contribution in [0, 0.1) is 5.92 Å². The highest BCUT2D eigenvalue weighted by molar-refractivity contribution is 5.83. The zero-order valence-electron chi connectivity index (χ0n) is 17.3. The van der Waals surface area contributed by atoms with E-state index in [4.69, 9.17) is 9.47 Å². The molecule has 0 radical (unpaired) electrons. The quantitative estimate of drug-likeness (QED) is 0.713. The topological polar surface area (TPSA) is 93.1 Å². The Labute approximate surface area is 180 Å². The second-order valence-electron chi connectivity index (χ2n) is 7.84. The van der Waals surface area contributed by atoms with E-state index in [2.05, 4.69) is 12.1 Å². The van der Waals surface area contributed by atoms with Gasteiger partial charge in [0.2, 0.25) is 0 Å². The zero-order chi connectivity index (χ0) is 22.0. The second kappa shape index (κ2) is 8.79. The third-order valence-corrected chi connectivity index (χ3v) is 6.08. The van der Waals surface area contributed by atoms with Crippen molar-refractivity contribution in [2.75, 3.05) is 19.8 Å². The maximum atomic E-state index is 12.8. The van der Waals surface area contributed by atoms with Gasteiger partial charge >= 0.3 is 18.0 Å². The molecule has 1 heterocycles. The molecule has 2 atom stereocenters. The molecule has 2 aromatic carbocycles. The number of carbonyl (C=O) groups is 3. The normalized spacial score (nSPS) is 19.6. The molecule has 7 nitrogen and oxygen atoms in total. The van der Waals surface area contributed by atoms with Crippen LogP contribution in [0.2, 0.25) is 0 Å². The third-order valence-electron chi connectivity index (χ3n) is 6.08. The summed E-state index contributed by atoms with van der Waals surface area (Å²) in [6.45, 7) is 2.29. The first-order valence-electron chi connectivity index (χ1n) is 10.5. The van der Waals surface area contributed by atoms with Crippen molar-refractivity contribution in [3.8, 4) is 11.1 Å². The van der Waals surface area contributed by atoms with E-state index in [1.807, 2.05) is 36.4 Å². The molecular formula is C24H25NO6. The molecule has 1 amide bonds. The molecule has 7 heteroatoms. The minimum absolute atomic E-state index is 0.0298. The minimum atomic E-state index is -1.14. The first-order chi connectivity index (χ1) is 15.0. The fourth-order valence-corrected chi connectivity index (χ4v) is 4.72. The number of ether oxygens (including phenoxy) is 2. The molecule has 1 N–H and O–H groups in total. The summed E-state index contributed by atoms with van der Waals surface area (Å²) in [7, 11) is 0. The van der Waals surface area contributed by atoms with E-state index in [1.165, 1.54) is 4.90 Å².